The maximum atomic E-state index is 13.8. The number of hydrogen-bond acceptors (Lipinski definition) is 2. The Labute approximate surface area is 126 Å². The minimum atomic E-state index is -0.556. The molecule has 0 aliphatic heterocycles. The van der Waals surface area contributed by atoms with Gasteiger partial charge in [-0.05, 0) is 30.2 Å². The van der Waals surface area contributed by atoms with Crippen molar-refractivity contribution >= 4 is 28.4 Å². The first kappa shape index (κ1) is 13.8. The van der Waals surface area contributed by atoms with Gasteiger partial charge in [0.15, 0.2) is 5.76 Å². The third-order valence-electron chi connectivity index (χ3n) is 3.40. The Morgan fingerprint density at radius 3 is 2.76 bits per heavy atom. The Kier molecular flexibility index (Phi) is 3.52. The minimum Gasteiger partial charge on any atom is -0.453 e. The van der Waals surface area contributed by atoms with E-state index < -0.39 is 5.82 Å². The quantitative estimate of drug-likeness (QED) is 0.640. The summed E-state index contributed by atoms with van der Waals surface area (Å²) in [5.74, 6) is -0.592. The van der Waals surface area contributed by atoms with Gasteiger partial charge in [0.05, 0.1) is 5.02 Å². The molecule has 21 heavy (non-hydrogen) atoms. The topological polar surface area (TPSA) is 30.2 Å². The Morgan fingerprint density at radius 2 is 2.00 bits per heavy atom. The molecule has 1 aromatic heterocycles. The van der Waals surface area contributed by atoms with Gasteiger partial charge in [-0.3, -0.25) is 4.79 Å². The molecule has 0 saturated carbocycles. The molecule has 0 atom stereocenters. The summed E-state index contributed by atoms with van der Waals surface area (Å²) in [6.45, 7) is 1.91. The van der Waals surface area contributed by atoms with Crippen LogP contribution in [0.3, 0.4) is 0 Å². The monoisotopic (exact) mass is 302 g/mol. The van der Waals surface area contributed by atoms with E-state index in [-0.39, 0.29) is 28.6 Å². The van der Waals surface area contributed by atoms with E-state index in [9.17, 15) is 9.18 Å². The number of halogens is 2. The highest BCUT2D eigenvalue weighted by Gasteiger charge is 2.16. The predicted octanol–water partition coefficient (Wildman–Crippen LogP) is 4.96. The maximum Gasteiger partial charge on any atom is 0.202 e. The van der Waals surface area contributed by atoms with Gasteiger partial charge in [-0.15, -0.1) is 0 Å². The standard InChI is InChI=1S/C17H12ClFO2/c1-10-4-2-6-12-9-15(21-17(10)12)14(20)8-11-5-3-7-13(18)16(11)19/h2-7,9H,8H2,1H3. The molecule has 2 nitrogen and oxygen atoms in total. The van der Waals surface area contributed by atoms with Gasteiger partial charge in [0.1, 0.15) is 11.4 Å². The van der Waals surface area contributed by atoms with Crippen molar-refractivity contribution in [3.63, 3.8) is 0 Å². The molecule has 106 valence electrons. The van der Waals surface area contributed by atoms with Gasteiger partial charge in [-0.1, -0.05) is 41.9 Å². The number of benzene rings is 2. The molecule has 0 amide bonds. The van der Waals surface area contributed by atoms with E-state index in [1.807, 2.05) is 25.1 Å². The summed E-state index contributed by atoms with van der Waals surface area (Å²) in [7, 11) is 0. The second-order valence-electron chi connectivity index (χ2n) is 4.92. The molecule has 0 N–H and O–H groups in total. The number of rotatable bonds is 3. The van der Waals surface area contributed by atoms with Crippen LogP contribution in [0.2, 0.25) is 5.02 Å². The molecule has 0 fully saturated rings. The van der Waals surface area contributed by atoms with Crippen LogP contribution >= 0.6 is 11.6 Å². The lowest BCUT2D eigenvalue weighted by molar-refractivity contribution is 0.0967. The Balaban J connectivity index is 1.94. The molecule has 0 bridgehead atoms. The fourth-order valence-electron chi connectivity index (χ4n) is 2.29. The second-order valence-corrected chi connectivity index (χ2v) is 5.32. The number of ketones is 1. The van der Waals surface area contributed by atoms with Crippen LogP contribution in [0.1, 0.15) is 21.7 Å². The number of carbonyl (C=O) groups is 1. The zero-order valence-electron chi connectivity index (χ0n) is 11.3. The molecule has 0 aliphatic carbocycles. The summed E-state index contributed by atoms with van der Waals surface area (Å²) < 4.78 is 19.4. The molecule has 2 aromatic carbocycles. The van der Waals surface area contributed by atoms with Gasteiger partial charge < -0.3 is 4.42 Å². The van der Waals surface area contributed by atoms with Crippen molar-refractivity contribution in [2.45, 2.75) is 13.3 Å². The summed E-state index contributed by atoms with van der Waals surface area (Å²) in [5.41, 5.74) is 1.91. The summed E-state index contributed by atoms with van der Waals surface area (Å²) in [6.07, 6.45) is -0.0781. The first-order chi connectivity index (χ1) is 10.1. The van der Waals surface area contributed by atoms with Crippen LogP contribution in [0, 0.1) is 12.7 Å². The van der Waals surface area contributed by atoms with Gasteiger partial charge in [0.25, 0.3) is 0 Å². The molecule has 0 aliphatic rings. The first-order valence-corrected chi connectivity index (χ1v) is 6.89. The number of furan rings is 1. The molecule has 0 saturated heterocycles. The Morgan fingerprint density at radius 1 is 1.24 bits per heavy atom. The van der Waals surface area contributed by atoms with Crippen LogP contribution in [-0.2, 0) is 6.42 Å². The number of Topliss-reactive ketones (excluding diaryl/α,β-unsaturated/α-hetero) is 1. The first-order valence-electron chi connectivity index (χ1n) is 6.51. The van der Waals surface area contributed by atoms with Crippen LogP contribution in [0.15, 0.2) is 46.9 Å². The normalized spacial score (nSPS) is 11.0. The number of carbonyl (C=O) groups excluding carboxylic acids is 1. The van der Waals surface area contributed by atoms with E-state index in [4.69, 9.17) is 16.0 Å². The molecular formula is C17H12ClFO2. The average Bonchev–Trinajstić information content (AvgIpc) is 2.89. The van der Waals surface area contributed by atoms with E-state index in [2.05, 4.69) is 0 Å². The molecule has 0 radical (unpaired) electrons. The number of hydrogen-bond donors (Lipinski definition) is 0. The fourth-order valence-corrected chi connectivity index (χ4v) is 2.49. The SMILES string of the molecule is Cc1cccc2cc(C(=O)Cc3cccc(Cl)c3F)oc12. The van der Waals surface area contributed by atoms with E-state index in [1.165, 1.54) is 6.07 Å². The van der Waals surface area contributed by atoms with Crippen LogP contribution in [0.25, 0.3) is 11.0 Å². The minimum absolute atomic E-state index is 0.0146. The number of para-hydroxylation sites is 1. The largest absolute Gasteiger partial charge is 0.453 e. The van der Waals surface area contributed by atoms with Gasteiger partial charge in [-0.2, -0.15) is 0 Å². The van der Waals surface area contributed by atoms with E-state index in [0.29, 0.717) is 5.58 Å². The lowest BCUT2D eigenvalue weighted by atomic mass is 10.1. The van der Waals surface area contributed by atoms with E-state index in [0.717, 1.165) is 10.9 Å². The molecule has 3 rings (SSSR count). The van der Waals surface area contributed by atoms with Crippen LogP contribution in [0.5, 0.6) is 0 Å². The van der Waals surface area contributed by atoms with Crippen molar-refractivity contribution in [1.82, 2.24) is 0 Å². The van der Waals surface area contributed by atoms with Gasteiger partial charge >= 0.3 is 0 Å². The average molecular weight is 303 g/mol. The zero-order chi connectivity index (χ0) is 15.0. The third-order valence-corrected chi connectivity index (χ3v) is 3.69. The second kappa shape index (κ2) is 5.34. The van der Waals surface area contributed by atoms with Crippen molar-refractivity contribution in [1.29, 1.82) is 0 Å². The Bertz CT molecular complexity index is 836. The lowest BCUT2D eigenvalue weighted by Crippen LogP contribution is -2.04. The third kappa shape index (κ3) is 2.57. The molecule has 0 spiro atoms. The Hall–Kier alpha value is -2.13. The summed E-state index contributed by atoms with van der Waals surface area (Å²) >= 11 is 5.72. The van der Waals surface area contributed by atoms with Crippen molar-refractivity contribution in [3.05, 3.63) is 70.2 Å². The van der Waals surface area contributed by atoms with Crippen LogP contribution in [-0.4, -0.2) is 5.78 Å². The van der Waals surface area contributed by atoms with Crippen molar-refractivity contribution in [2.24, 2.45) is 0 Å². The smallest absolute Gasteiger partial charge is 0.202 e. The fraction of sp³-hybridized carbons (Fsp3) is 0.118. The molecule has 3 aromatic rings. The molecule has 0 unspecified atom stereocenters. The van der Waals surface area contributed by atoms with Crippen molar-refractivity contribution in [2.75, 3.05) is 0 Å². The van der Waals surface area contributed by atoms with E-state index >= 15 is 0 Å². The highest BCUT2D eigenvalue weighted by atomic mass is 35.5. The molecule has 4 heteroatoms. The van der Waals surface area contributed by atoms with Crippen LogP contribution in [0.4, 0.5) is 4.39 Å². The van der Waals surface area contributed by atoms with Crippen molar-refractivity contribution in [3.8, 4) is 0 Å². The zero-order valence-corrected chi connectivity index (χ0v) is 12.1. The molecular weight excluding hydrogens is 291 g/mol. The number of aryl methyl sites for hydroxylation is 1. The van der Waals surface area contributed by atoms with Gasteiger partial charge in [0.2, 0.25) is 5.78 Å². The summed E-state index contributed by atoms with van der Waals surface area (Å²) in [5, 5.41) is 0.880. The molecule has 1 heterocycles. The summed E-state index contributed by atoms with van der Waals surface area (Å²) in [6, 6.07) is 12.0. The van der Waals surface area contributed by atoms with E-state index in [1.54, 1.807) is 18.2 Å². The lowest BCUT2D eigenvalue weighted by Gasteiger charge is -2.02. The highest BCUT2D eigenvalue weighted by molar-refractivity contribution is 6.30. The van der Waals surface area contributed by atoms with Gasteiger partial charge in [-0.25, -0.2) is 4.39 Å². The predicted molar refractivity (Wildman–Crippen MR) is 80.4 cm³/mol. The van der Waals surface area contributed by atoms with Crippen molar-refractivity contribution < 1.29 is 13.6 Å². The van der Waals surface area contributed by atoms with Gasteiger partial charge in [0, 0.05) is 11.8 Å². The summed E-state index contributed by atoms with van der Waals surface area (Å²) in [4.78, 5) is 12.3. The maximum absolute atomic E-state index is 13.8. The number of fused-ring (bicyclic) bond motifs is 1. The van der Waals surface area contributed by atoms with Crippen LogP contribution < -0.4 is 0 Å². The highest BCUT2D eigenvalue weighted by Crippen LogP contribution is 2.24.